The Morgan fingerprint density at radius 2 is 1.78 bits per heavy atom. The van der Waals surface area contributed by atoms with Crippen molar-refractivity contribution in [3.63, 3.8) is 0 Å². The lowest BCUT2D eigenvalue weighted by molar-refractivity contribution is 0.263. The van der Waals surface area contributed by atoms with Crippen LogP contribution < -0.4 is 0 Å². The van der Waals surface area contributed by atoms with E-state index in [1.807, 2.05) is 0 Å². The molecule has 0 radical (unpaired) electrons. The summed E-state index contributed by atoms with van der Waals surface area (Å²) in [6.07, 6.45) is 5.89. The number of aromatic nitrogens is 2. The van der Waals surface area contributed by atoms with Gasteiger partial charge in [-0.25, -0.2) is 9.37 Å². The Morgan fingerprint density at radius 1 is 1.04 bits per heavy atom. The van der Waals surface area contributed by atoms with Crippen molar-refractivity contribution in [2.45, 2.75) is 25.8 Å². The number of imidazole rings is 1. The van der Waals surface area contributed by atoms with E-state index in [9.17, 15) is 4.39 Å². The lowest BCUT2D eigenvalue weighted by Gasteiger charge is -2.24. The molecule has 4 heteroatoms. The number of hydrogen-bond donors (Lipinski definition) is 0. The molecule has 3 heterocycles. The van der Waals surface area contributed by atoms with Gasteiger partial charge in [0.1, 0.15) is 11.5 Å². The van der Waals surface area contributed by atoms with E-state index in [1.165, 1.54) is 43.8 Å². The van der Waals surface area contributed by atoms with Crippen molar-refractivity contribution in [3.05, 3.63) is 60.2 Å². The van der Waals surface area contributed by atoms with Crippen LogP contribution in [0.3, 0.4) is 0 Å². The van der Waals surface area contributed by atoms with Gasteiger partial charge in [0.25, 0.3) is 0 Å². The monoisotopic (exact) mass is 309 g/mol. The average molecular weight is 309 g/mol. The molecule has 1 aliphatic rings. The van der Waals surface area contributed by atoms with Crippen molar-refractivity contribution >= 4 is 5.65 Å². The molecule has 3 aromatic rings. The Bertz CT molecular complexity index is 816. The molecule has 3 nitrogen and oxygen atoms in total. The number of rotatable bonds is 3. The number of fused-ring (bicyclic) bond motifs is 1. The summed E-state index contributed by atoms with van der Waals surface area (Å²) in [5.41, 5.74) is 4.06. The van der Waals surface area contributed by atoms with Crippen LogP contribution >= 0.6 is 0 Å². The summed E-state index contributed by atoms with van der Waals surface area (Å²) in [4.78, 5) is 6.87. The van der Waals surface area contributed by atoms with E-state index < -0.39 is 0 Å². The van der Waals surface area contributed by atoms with Crippen LogP contribution in [0.4, 0.5) is 4.39 Å². The molecule has 1 fully saturated rings. The second kappa shape index (κ2) is 5.78. The number of benzene rings is 1. The number of halogens is 1. The molecular weight excluding hydrogens is 289 g/mol. The number of hydrogen-bond acceptors (Lipinski definition) is 2. The van der Waals surface area contributed by atoms with Gasteiger partial charge in [0, 0.05) is 17.8 Å². The average Bonchev–Trinajstić information content (AvgIpc) is 3.24. The van der Waals surface area contributed by atoms with Crippen molar-refractivity contribution in [2.24, 2.45) is 0 Å². The first-order valence-electron chi connectivity index (χ1n) is 8.19. The zero-order valence-electron chi connectivity index (χ0n) is 13.2. The van der Waals surface area contributed by atoms with Gasteiger partial charge in [0.15, 0.2) is 0 Å². The van der Waals surface area contributed by atoms with Gasteiger partial charge in [-0.15, -0.1) is 0 Å². The molecule has 0 amide bonds. The van der Waals surface area contributed by atoms with Gasteiger partial charge in [-0.2, -0.15) is 0 Å². The zero-order chi connectivity index (χ0) is 15.8. The van der Waals surface area contributed by atoms with Crippen LogP contribution in [0.25, 0.3) is 16.9 Å². The minimum Gasteiger partial charge on any atom is -0.297 e. The second-order valence-corrected chi connectivity index (χ2v) is 6.26. The normalized spacial score (nSPS) is 17.0. The van der Waals surface area contributed by atoms with E-state index >= 15 is 0 Å². The molecule has 1 saturated heterocycles. The van der Waals surface area contributed by atoms with Crippen molar-refractivity contribution in [3.8, 4) is 11.3 Å². The molecular formula is C19H20FN3. The van der Waals surface area contributed by atoms with E-state index in [2.05, 4.69) is 41.1 Å². The maximum atomic E-state index is 13.5. The predicted molar refractivity (Wildman–Crippen MR) is 89.8 cm³/mol. The van der Waals surface area contributed by atoms with E-state index in [4.69, 9.17) is 0 Å². The number of nitrogens with zero attached hydrogens (tertiary/aromatic N) is 3. The summed E-state index contributed by atoms with van der Waals surface area (Å²) in [5, 5.41) is 0. The quantitative estimate of drug-likeness (QED) is 0.719. The third kappa shape index (κ3) is 2.63. The predicted octanol–water partition coefficient (Wildman–Crippen LogP) is 4.30. The molecule has 1 atom stereocenters. The summed E-state index contributed by atoms with van der Waals surface area (Å²) >= 11 is 0. The summed E-state index contributed by atoms with van der Waals surface area (Å²) < 4.78 is 15.3. The molecule has 0 bridgehead atoms. The van der Waals surface area contributed by atoms with Crippen molar-refractivity contribution in [1.82, 2.24) is 14.3 Å². The van der Waals surface area contributed by atoms with Crippen molar-refractivity contribution in [2.75, 3.05) is 13.1 Å². The van der Waals surface area contributed by atoms with E-state index in [1.54, 1.807) is 16.7 Å². The fourth-order valence-electron chi connectivity index (χ4n) is 3.44. The minimum absolute atomic E-state index is 0.254. The molecule has 0 spiro atoms. The Morgan fingerprint density at radius 3 is 2.52 bits per heavy atom. The third-order valence-electron chi connectivity index (χ3n) is 4.85. The fraction of sp³-hybridized carbons (Fsp3) is 0.316. The number of likely N-dealkylation sites (tertiary alicyclic amines) is 1. The van der Waals surface area contributed by atoms with Crippen molar-refractivity contribution in [1.29, 1.82) is 0 Å². The molecule has 0 aliphatic carbocycles. The first kappa shape index (κ1) is 14.4. The highest BCUT2D eigenvalue weighted by atomic mass is 19.1. The summed E-state index contributed by atoms with van der Waals surface area (Å²) in [7, 11) is 0. The molecule has 1 aliphatic heterocycles. The number of pyridine rings is 1. The highest BCUT2D eigenvalue weighted by Gasteiger charge is 2.19. The molecule has 1 unspecified atom stereocenters. The smallest absolute Gasteiger partial charge is 0.139 e. The first-order valence-corrected chi connectivity index (χ1v) is 8.19. The van der Waals surface area contributed by atoms with Gasteiger partial charge in [-0.3, -0.25) is 9.30 Å². The Hall–Kier alpha value is -2.20. The molecule has 0 N–H and O–H groups in total. The lowest BCUT2D eigenvalue weighted by Crippen LogP contribution is -2.23. The van der Waals surface area contributed by atoms with Crippen LogP contribution in [0.1, 0.15) is 31.4 Å². The van der Waals surface area contributed by atoms with Gasteiger partial charge in [0.05, 0.1) is 11.9 Å². The van der Waals surface area contributed by atoms with Crippen LogP contribution in [-0.2, 0) is 0 Å². The highest BCUT2D eigenvalue weighted by Crippen LogP contribution is 2.27. The van der Waals surface area contributed by atoms with Crippen LogP contribution in [0.2, 0.25) is 0 Å². The van der Waals surface area contributed by atoms with Gasteiger partial charge < -0.3 is 0 Å². The summed E-state index contributed by atoms with van der Waals surface area (Å²) in [6.45, 7) is 4.65. The Labute approximate surface area is 135 Å². The Balaban J connectivity index is 1.65. The Kier molecular flexibility index (Phi) is 3.62. The molecule has 4 rings (SSSR count). The molecule has 23 heavy (non-hydrogen) atoms. The van der Waals surface area contributed by atoms with E-state index in [0.717, 1.165) is 16.9 Å². The highest BCUT2D eigenvalue weighted by molar-refractivity contribution is 5.64. The van der Waals surface area contributed by atoms with Crippen LogP contribution in [-0.4, -0.2) is 27.4 Å². The minimum atomic E-state index is -0.254. The SMILES string of the molecule is CC(c1ccc(-c2cnc3ccc(F)cn23)cc1)N1CCCC1. The van der Waals surface area contributed by atoms with Crippen molar-refractivity contribution < 1.29 is 4.39 Å². The van der Waals surface area contributed by atoms with E-state index in [-0.39, 0.29) is 5.82 Å². The molecule has 118 valence electrons. The third-order valence-corrected chi connectivity index (χ3v) is 4.85. The molecule has 1 aromatic carbocycles. The fourth-order valence-corrected chi connectivity index (χ4v) is 3.44. The van der Waals surface area contributed by atoms with Gasteiger partial charge >= 0.3 is 0 Å². The van der Waals surface area contributed by atoms with Crippen LogP contribution in [0, 0.1) is 5.82 Å². The topological polar surface area (TPSA) is 20.5 Å². The summed E-state index contributed by atoms with van der Waals surface area (Å²) in [5.74, 6) is -0.254. The van der Waals surface area contributed by atoms with Crippen LogP contribution in [0.5, 0.6) is 0 Å². The van der Waals surface area contributed by atoms with E-state index in [0.29, 0.717) is 6.04 Å². The van der Waals surface area contributed by atoms with Gasteiger partial charge in [-0.05, 0) is 50.6 Å². The maximum Gasteiger partial charge on any atom is 0.139 e. The summed E-state index contributed by atoms with van der Waals surface area (Å²) in [6, 6.07) is 12.2. The zero-order valence-corrected chi connectivity index (χ0v) is 13.2. The van der Waals surface area contributed by atoms with Gasteiger partial charge in [0.2, 0.25) is 0 Å². The first-order chi connectivity index (χ1) is 11.2. The maximum absolute atomic E-state index is 13.5. The lowest BCUT2D eigenvalue weighted by atomic mass is 10.0. The standard InChI is InChI=1S/C19H20FN3/c1-14(22-10-2-3-11-22)15-4-6-16(7-5-15)18-12-21-19-9-8-17(20)13-23(18)19/h4-9,12-14H,2-3,10-11H2,1H3. The van der Waals surface area contributed by atoms with Gasteiger partial charge in [-0.1, -0.05) is 24.3 Å². The molecule has 0 saturated carbocycles. The second-order valence-electron chi connectivity index (χ2n) is 6.26. The largest absolute Gasteiger partial charge is 0.297 e. The van der Waals surface area contributed by atoms with Crippen LogP contribution in [0.15, 0.2) is 48.8 Å². The molecule has 2 aromatic heterocycles.